The number of aliphatic hydroxyl groups excluding tert-OH is 1. The standard InChI is InChI=1S/C25H27ClN2O5/c1-2-33-20-5-3-4-18(16-20)22-21(23(29)17-6-8-19(26)9-7-17)24(30)25(31)28(22)11-10-27-12-14-32-15-13-27/h3-9,16,22,29H,2,10-15H2,1H3. The number of likely N-dealkylation sites (tertiary alicyclic amines) is 1. The summed E-state index contributed by atoms with van der Waals surface area (Å²) < 4.78 is 11.0. The molecule has 0 radical (unpaired) electrons. The predicted molar refractivity (Wildman–Crippen MR) is 125 cm³/mol. The molecule has 7 nitrogen and oxygen atoms in total. The van der Waals surface area contributed by atoms with Crippen molar-refractivity contribution in [3.63, 3.8) is 0 Å². The number of hydrogen-bond donors (Lipinski definition) is 1. The van der Waals surface area contributed by atoms with Gasteiger partial charge in [-0.05, 0) is 48.9 Å². The summed E-state index contributed by atoms with van der Waals surface area (Å²) >= 11 is 5.98. The maximum Gasteiger partial charge on any atom is 0.295 e. The molecule has 174 valence electrons. The number of morpholine rings is 1. The molecule has 2 fully saturated rings. The van der Waals surface area contributed by atoms with Crippen molar-refractivity contribution in [2.75, 3.05) is 46.0 Å². The Bertz CT molecular complexity index is 1050. The van der Waals surface area contributed by atoms with Gasteiger partial charge in [-0.3, -0.25) is 14.5 Å². The van der Waals surface area contributed by atoms with E-state index >= 15 is 0 Å². The summed E-state index contributed by atoms with van der Waals surface area (Å²) in [5, 5.41) is 11.6. The molecule has 1 amide bonds. The summed E-state index contributed by atoms with van der Waals surface area (Å²) in [6.07, 6.45) is 0. The molecule has 0 aromatic heterocycles. The van der Waals surface area contributed by atoms with Crippen LogP contribution in [0.25, 0.3) is 5.76 Å². The molecule has 33 heavy (non-hydrogen) atoms. The number of rotatable bonds is 7. The van der Waals surface area contributed by atoms with Crippen LogP contribution in [0.15, 0.2) is 54.1 Å². The normalized spacial score (nSPS) is 20.9. The van der Waals surface area contributed by atoms with Crippen LogP contribution >= 0.6 is 11.6 Å². The second-order valence-electron chi connectivity index (χ2n) is 7.96. The third-order valence-corrected chi connectivity index (χ3v) is 6.16. The predicted octanol–water partition coefficient (Wildman–Crippen LogP) is 3.49. The van der Waals surface area contributed by atoms with E-state index in [-0.39, 0.29) is 11.3 Å². The van der Waals surface area contributed by atoms with Crippen molar-refractivity contribution in [2.24, 2.45) is 0 Å². The molecule has 2 saturated heterocycles. The molecule has 2 aliphatic rings. The Labute approximate surface area is 198 Å². The van der Waals surface area contributed by atoms with Gasteiger partial charge >= 0.3 is 0 Å². The van der Waals surface area contributed by atoms with E-state index in [9.17, 15) is 14.7 Å². The van der Waals surface area contributed by atoms with Gasteiger partial charge in [0.25, 0.3) is 11.7 Å². The molecular formula is C25H27ClN2O5. The minimum absolute atomic E-state index is 0.0675. The Morgan fingerprint density at radius 2 is 1.85 bits per heavy atom. The maximum absolute atomic E-state index is 13.1. The van der Waals surface area contributed by atoms with Crippen LogP contribution in [-0.2, 0) is 14.3 Å². The van der Waals surface area contributed by atoms with Crippen LogP contribution in [0.2, 0.25) is 5.02 Å². The summed E-state index contributed by atoms with van der Waals surface area (Å²) in [6.45, 7) is 6.19. The average molecular weight is 471 g/mol. The minimum atomic E-state index is -0.720. The fourth-order valence-corrected chi connectivity index (χ4v) is 4.36. The van der Waals surface area contributed by atoms with Gasteiger partial charge in [0, 0.05) is 36.8 Å². The number of nitrogens with zero attached hydrogens (tertiary/aromatic N) is 2. The van der Waals surface area contributed by atoms with Crippen LogP contribution in [-0.4, -0.2) is 72.6 Å². The highest BCUT2D eigenvalue weighted by Gasteiger charge is 2.46. The molecule has 1 unspecified atom stereocenters. The lowest BCUT2D eigenvalue weighted by atomic mass is 9.95. The summed E-state index contributed by atoms with van der Waals surface area (Å²) in [6, 6.07) is 13.1. The zero-order valence-electron chi connectivity index (χ0n) is 18.5. The first kappa shape index (κ1) is 23.3. The number of hydrogen-bond acceptors (Lipinski definition) is 6. The Balaban J connectivity index is 1.74. The van der Waals surface area contributed by atoms with E-state index in [2.05, 4.69) is 4.90 Å². The molecule has 8 heteroatoms. The number of halogens is 1. The molecule has 2 aliphatic heterocycles. The van der Waals surface area contributed by atoms with E-state index < -0.39 is 17.7 Å². The molecule has 0 saturated carbocycles. The summed E-state index contributed by atoms with van der Waals surface area (Å²) in [4.78, 5) is 30.0. The van der Waals surface area contributed by atoms with Gasteiger partial charge in [-0.2, -0.15) is 0 Å². The van der Waals surface area contributed by atoms with E-state index in [1.54, 1.807) is 29.2 Å². The lowest BCUT2D eigenvalue weighted by Crippen LogP contribution is -2.42. The van der Waals surface area contributed by atoms with Crippen LogP contribution in [0.4, 0.5) is 0 Å². The van der Waals surface area contributed by atoms with E-state index in [1.807, 2.05) is 31.2 Å². The molecule has 0 spiro atoms. The van der Waals surface area contributed by atoms with Crippen LogP contribution in [0.3, 0.4) is 0 Å². The monoisotopic (exact) mass is 470 g/mol. The average Bonchev–Trinajstić information content (AvgIpc) is 3.09. The fraction of sp³-hybridized carbons (Fsp3) is 0.360. The Hall–Kier alpha value is -2.87. The highest BCUT2D eigenvalue weighted by atomic mass is 35.5. The Morgan fingerprint density at radius 3 is 2.55 bits per heavy atom. The second kappa shape index (κ2) is 10.4. The van der Waals surface area contributed by atoms with Gasteiger partial charge in [-0.15, -0.1) is 0 Å². The zero-order valence-corrected chi connectivity index (χ0v) is 19.3. The number of Topliss-reactive ketones (excluding diaryl/α,β-unsaturated/α-hetero) is 1. The first-order chi connectivity index (χ1) is 16.0. The topological polar surface area (TPSA) is 79.3 Å². The Kier molecular flexibility index (Phi) is 7.33. The molecule has 2 aromatic carbocycles. The van der Waals surface area contributed by atoms with Gasteiger partial charge in [0.05, 0.1) is 31.4 Å². The van der Waals surface area contributed by atoms with Crippen molar-refractivity contribution in [3.8, 4) is 5.75 Å². The van der Waals surface area contributed by atoms with E-state index in [0.717, 1.165) is 13.1 Å². The molecule has 2 aromatic rings. The summed E-state index contributed by atoms with van der Waals surface area (Å²) in [7, 11) is 0. The number of benzene rings is 2. The molecule has 0 aliphatic carbocycles. The second-order valence-corrected chi connectivity index (χ2v) is 8.40. The van der Waals surface area contributed by atoms with Gasteiger partial charge in [-0.25, -0.2) is 0 Å². The van der Waals surface area contributed by atoms with Crippen molar-refractivity contribution >= 4 is 29.1 Å². The minimum Gasteiger partial charge on any atom is -0.507 e. The number of ketones is 1. The fourth-order valence-electron chi connectivity index (χ4n) is 4.24. The van der Waals surface area contributed by atoms with Crippen molar-refractivity contribution in [1.29, 1.82) is 0 Å². The Morgan fingerprint density at radius 1 is 1.12 bits per heavy atom. The van der Waals surface area contributed by atoms with E-state index in [1.165, 1.54) is 0 Å². The maximum atomic E-state index is 13.1. The van der Waals surface area contributed by atoms with E-state index in [4.69, 9.17) is 21.1 Å². The SMILES string of the molecule is CCOc1cccc(C2C(=C(O)c3ccc(Cl)cc3)C(=O)C(=O)N2CCN2CCOCC2)c1. The van der Waals surface area contributed by atoms with Gasteiger partial charge in [-0.1, -0.05) is 23.7 Å². The van der Waals surface area contributed by atoms with Crippen molar-refractivity contribution in [2.45, 2.75) is 13.0 Å². The van der Waals surface area contributed by atoms with Crippen LogP contribution < -0.4 is 4.74 Å². The largest absolute Gasteiger partial charge is 0.507 e. The number of ether oxygens (including phenoxy) is 2. The summed E-state index contributed by atoms with van der Waals surface area (Å²) in [5.41, 5.74) is 1.20. The number of aliphatic hydroxyl groups is 1. The third kappa shape index (κ3) is 5.05. The first-order valence-corrected chi connectivity index (χ1v) is 11.4. The van der Waals surface area contributed by atoms with E-state index in [0.29, 0.717) is 54.8 Å². The molecular weight excluding hydrogens is 444 g/mol. The van der Waals surface area contributed by atoms with Gasteiger partial charge in [0.1, 0.15) is 11.5 Å². The molecule has 0 bridgehead atoms. The number of amides is 1. The molecule has 4 rings (SSSR count). The van der Waals surface area contributed by atoms with Crippen molar-refractivity contribution in [3.05, 3.63) is 70.3 Å². The summed E-state index contributed by atoms with van der Waals surface area (Å²) in [5.74, 6) is -0.896. The highest BCUT2D eigenvalue weighted by Crippen LogP contribution is 2.40. The van der Waals surface area contributed by atoms with Crippen molar-refractivity contribution in [1.82, 2.24) is 9.80 Å². The quantitative estimate of drug-likeness (QED) is 0.379. The highest BCUT2D eigenvalue weighted by molar-refractivity contribution is 6.46. The van der Waals surface area contributed by atoms with Crippen LogP contribution in [0.5, 0.6) is 5.75 Å². The zero-order chi connectivity index (χ0) is 23.4. The van der Waals surface area contributed by atoms with Crippen LogP contribution in [0, 0.1) is 0 Å². The van der Waals surface area contributed by atoms with Crippen LogP contribution in [0.1, 0.15) is 24.1 Å². The molecule has 2 heterocycles. The number of carbonyl (C=O) groups excluding carboxylic acids is 2. The molecule has 1 N–H and O–H groups in total. The lowest BCUT2D eigenvalue weighted by Gasteiger charge is -2.31. The lowest BCUT2D eigenvalue weighted by molar-refractivity contribution is -0.140. The first-order valence-electron chi connectivity index (χ1n) is 11.1. The number of carbonyl (C=O) groups is 2. The molecule has 1 atom stereocenters. The van der Waals surface area contributed by atoms with Crippen molar-refractivity contribution < 1.29 is 24.2 Å². The van der Waals surface area contributed by atoms with Gasteiger partial charge in [0.15, 0.2) is 0 Å². The van der Waals surface area contributed by atoms with Gasteiger partial charge < -0.3 is 19.5 Å². The smallest absolute Gasteiger partial charge is 0.295 e. The third-order valence-electron chi connectivity index (χ3n) is 5.90. The van der Waals surface area contributed by atoms with Gasteiger partial charge in [0.2, 0.25) is 0 Å².